The molecule has 0 aliphatic rings. The number of hydrogen-bond donors (Lipinski definition) is 1. The average molecular weight is 398 g/mol. The van der Waals surface area contributed by atoms with Crippen LogP contribution in [0.2, 0.25) is 0 Å². The molecule has 0 saturated carbocycles. The molecule has 1 N–H and O–H groups in total. The van der Waals surface area contributed by atoms with Crippen molar-refractivity contribution < 1.29 is 9.59 Å². The molecule has 0 aliphatic carbocycles. The van der Waals surface area contributed by atoms with Gasteiger partial charge in [0, 0.05) is 24.3 Å². The van der Waals surface area contributed by atoms with E-state index >= 15 is 0 Å². The number of rotatable bonds is 6. The van der Waals surface area contributed by atoms with Gasteiger partial charge in [-0.15, -0.1) is 0 Å². The first-order valence-corrected chi connectivity index (χ1v) is 9.61. The molecule has 0 radical (unpaired) electrons. The zero-order valence-electron chi connectivity index (χ0n) is 16.9. The third-order valence-electron chi connectivity index (χ3n) is 4.62. The van der Waals surface area contributed by atoms with Gasteiger partial charge in [-0.1, -0.05) is 42.5 Å². The van der Waals surface area contributed by atoms with E-state index in [2.05, 4.69) is 10.3 Å². The quantitative estimate of drug-likeness (QED) is 0.672. The van der Waals surface area contributed by atoms with Gasteiger partial charge in [0.05, 0.1) is 11.3 Å². The van der Waals surface area contributed by atoms with Crippen molar-refractivity contribution in [1.82, 2.24) is 9.88 Å². The van der Waals surface area contributed by atoms with Crippen LogP contribution >= 0.6 is 0 Å². The van der Waals surface area contributed by atoms with Crippen LogP contribution in [0.25, 0.3) is 0 Å². The fourth-order valence-electron chi connectivity index (χ4n) is 3.00. The molecule has 3 rings (SSSR count). The molecule has 2 amide bonds. The van der Waals surface area contributed by atoms with Crippen LogP contribution in [-0.2, 0) is 6.54 Å². The summed E-state index contributed by atoms with van der Waals surface area (Å²) in [6, 6.07) is 21.6. The molecule has 0 spiro atoms. The summed E-state index contributed by atoms with van der Waals surface area (Å²) in [5.74, 6) is -0.658. The van der Waals surface area contributed by atoms with Crippen LogP contribution in [-0.4, -0.2) is 27.7 Å². The lowest BCUT2D eigenvalue weighted by Gasteiger charge is -2.27. The number of nitriles is 1. The second-order valence-electron chi connectivity index (χ2n) is 7.05. The van der Waals surface area contributed by atoms with Crippen molar-refractivity contribution in [3.63, 3.8) is 0 Å². The van der Waals surface area contributed by atoms with Crippen molar-refractivity contribution >= 4 is 17.5 Å². The highest BCUT2D eigenvalue weighted by molar-refractivity contribution is 6.05. The molecule has 0 atom stereocenters. The van der Waals surface area contributed by atoms with E-state index in [1.54, 1.807) is 35.2 Å². The third kappa shape index (κ3) is 4.89. The number of anilines is 1. The normalized spacial score (nSPS) is 10.3. The van der Waals surface area contributed by atoms with Crippen molar-refractivity contribution in [3.05, 3.63) is 95.3 Å². The van der Waals surface area contributed by atoms with Crippen LogP contribution in [0.3, 0.4) is 0 Å². The molecule has 3 aromatic rings. The highest BCUT2D eigenvalue weighted by Crippen LogP contribution is 2.17. The average Bonchev–Trinajstić information content (AvgIpc) is 2.78. The Morgan fingerprint density at radius 3 is 2.47 bits per heavy atom. The van der Waals surface area contributed by atoms with Crippen molar-refractivity contribution in [2.75, 3.05) is 5.32 Å². The first kappa shape index (κ1) is 20.7. The molecule has 150 valence electrons. The minimum absolute atomic E-state index is 0.0225. The van der Waals surface area contributed by atoms with E-state index in [0.29, 0.717) is 23.4 Å². The van der Waals surface area contributed by atoms with Gasteiger partial charge in [0.15, 0.2) is 0 Å². The Labute approximate surface area is 175 Å². The first-order chi connectivity index (χ1) is 14.5. The summed E-state index contributed by atoms with van der Waals surface area (Å²) in [7, 11) is 0. The Hall–Kier alpha value is -3.98. The third-order valence-corrected chi connectivity index (χ3v) is 4.62. The monoisotopic (exact) mass is 398 g/mol. The van der Waals surface area contributed by atoms with E-state index in [0.717, 1.165) is 5.56 Å². The number of nitrogens with zero attached hydrogens (tertiary/aromatic N) is 3. The molecular formula is C24H22N4O2. The number of pyridine rings is 1. The Morgan fingerprint density at radius 1 is 1.07 bits per heavy atom. The highest BCUT2D eigenvalue weighted by atomic mass is 16.2. The number of benzene rings is 2. The van der Waals surface area contributed by atoms with E-state index < -0.39 is 5.91 Å². The van der Waals surface area contributed by atoms with E-state index in [-0.39, 0.29) is 17.6 Å². The van der Waals surface area contributed by atoms with E-state index in [9.17, 15) is 14.9 Å². The molecule has 0 saturated heterocycles. The summed E-state index contributed by atoms with van der Waals surface area (Å²) in [4.78, 5) is 31.6. The molecular weight excluding hydrogens is 376 g/mol. The van der Waals surface area contributed by atoms with Gasteiger partial charge in [0.25, 0.3) is 11.8 Å². The molecule has 1 aromatic heterocycles. The zero-order chi connectivity index (χ0) is 21.5. The van der Waals surface area contributed by atoms with Gasteiger partial charge in [0.1, 0.15) is 11.8 Å². The van der Waals surface area contributed by atoms with Gasteiger partial charge in [-0.25, -0.2) is 0 Å². The number of carbonyl (C=O) groups is 2. The Bertz CT molecular complexity index is 1090. The topological polar surface area (TPSA) is 86.1 Å². The summed E-state index contributed by atoms with van der Waals surface area (Å²) < 4.78 is 0. The number of nitrogens with one attached hydrogen (secondary N) is 1. The minimum atomic E-state index is -0.480. The molecule has 0 fully saturated rings. The molecule has 0 unspecified atom stereocenters. The lowest BCUT2D eigenvalue weighted by Crippen LogP contribution is -2.36. The zero-order valence-corrected chi connectivity index (χ0v) is 16.9. The predicted octanol–water partition coefficient (Wildman–Crippen LogP) is 4.26. The standard InChI is InChI=1S/C24H22N4O2/c1-17(2)28(16-18-8-4-3-5-9-18)24(30)19-12-13-26-22(14-19)23(29)27-21-11-7-6-10-20(21)15-25/h3-14,17H,16H2,1-2H3,(H,27,29). The number of aromatic nitrogens is 1. The van der Waals surface area contributed by atoms with E-state index in [1.807, 2.05) is 50.2 Å². The van der Waals surface area contributed by atoms with E-state index in [1.165, 1.54) is 12.3 Å². The van der Waals surface area contributed by atoms with Crippen LogP contribution in [0, 0.1) is 11.3 Å². The SMILES string of the molecule is CC(C)N(Cc1ccccc1)C(=O)c1ccnc(C(=O)Nc2ccccc2C#N)c1. The lowest BCUT2D eigenvalue weighted by atomic mass is 10.1. The lowest BCUT2D eigenvalue weighted by molar-refractivity contribution is 0.0690. The van der Waals surface area contributed by atoms with Crippen molar-refractivity contribution in [1.29, 1.82) is 5.26 Å². The molecule has 2 aromatic carbocycles. The summed E-state index contributed by atoms with van der Waals surface area (Å²) in [5, 5.41) is 11.9. The van der Waals surface area contributed by atoms with Gasteiger partial charge >= 0.3 is 0 Å². The largest absolute Gasteiger partial charge is 0.332 e. The summed E-state index contributed by atoms with van der Waals surface area (Å²) in [5.41, 5.74) is 2.27. The van der Waals surface area contributed by atoms with Crippen molar-refractivity contribution in [2.45, 2.75) is 26.4 Å². The maximum Gasteiger partial charge on any atom is 0.274 e. The minimum Gasteiger partial charge on any atom is -0.332 e. The maximum atomic E-state index is 13.1. The number of para-hydroxylation sites is 1. The summed E-state index contributed by atoms with van der Waals surface area (Å²) in [6.45, 7) is 4.37. The number of amides is 2. The van der Waals surface area contributed by atoms with Crippen LogP contribution < -0.4 is 5.32 Å². The highest BCUT2D eigenvalue weighted by Gasteiger charge is 2.21. The van der Waals surface area contributed by atoms with Crippen molar-refractivity contribution in [2.24, 2.45) is 0 Å². The van der Waals surface area contributed by atoms with Crippen LogP contribution in [0.4, 0.5) is 5.69 Å². The fraction of sp³-hybridized carbons (Fsp3) is 0.167. The Morgan fingerprint density at radius 2 is 1.77 bits per heavy atom. The summed E-state index contributed by atoms with van der Waals surface area (Å²) in [6.07, 6.45) is 1.44. The fourth-order valence-corrected chi connectivity index (χ4v) is 3.00. The van der Waals surface area contributed by atoms with Gasteiger partial charge in [-0.3, -0.25) is 14.6 Å². The van der Waals surface area contributed by atoms with Crippen LogP contribution in [0.15, 0.2) is 72.9 Å². The smallest absolute Gasteiger partial charge is 0.274 e. The number of hydrogen-bond acceptors (Lipinski definition) is 4. The summed E-state index contributed by atoms with van der Waals surface area (Å²) >= 11 is 0. The van der Waals surface area contributed by atoms with E-state index in [4.69, 9.17) is 0 Å². The molecule has 0 bridgehead atoms. The second-order valence-corrected chi connectivity index (χ2v) is 7.05. The van der Waals surface area contributed by atoms with Crippen molar-refractivity contribution in [3.8, 4) is 6.07 Å². The number of carbonyl (C=O) groups excluding carboxylic acids is 2. The van der Waals surface area contributed by atoms with Crippen LogP contribution in [0.1, 0.15) is 45.8 Å². The molecule has 6 nitrogen and oxygen atoms in total. The molecule has 6 heteroatoms. The molecule has 1 heterocycles. The Balaban J connectivity index is 1.81. The van der Waals surface area contributed by atoms with Gasteiger partial charge in [0.2, 0.25) is 0 Å². The first-order valence-electron chi connectivity index (χ1n) is 9.61. The Kier molecular flexibility index (Phi) is 6.56. The predicted molar refractivity (Wildman–Crippen MR) is 115 cm³/mol. The van der Waals surface area contributed by atoms with Gasteiger partial charge in [-0.05, 0) is 43.7 Å². The van der Waals surface area contributed by atoms with Gasteiger partial charge in [-0.2, -0.15) is 5.26 Å². The van der Waals surface area contributed by atoms with Crippen LogP contribution in [0.5, 0.6) is 0 Å². The van der Waals surface area contributed by atoms with Gasteiger partial charge < -0.3 is 10.2 Å². The second kappa shape index (κ2) is 9.48. The molecule has 30 heavy (non-hydrogen) atoms. The molecule has 0 aliphatic heterocycles. The maximum absolute atomic E-state index is 13.1.